The molecule has 0 aliphatic carbocycles. The van der Waals surface area contributed by atoms with Crippen LogP contribution in [0.25, 0.3) is 27.5 Å². The van der Waals surface area contributed by atoms with E-state index in [1.807, 2.05) is 93.0 Å². The van der Waals surface area contributed by atoms with Gasteiger partial charge in [0, 0.05) is 55.9 Å². The SMILES string of the molecule is [C-]#[N+]c1ccc(-c2ncc(CCNC(=O)OC(C)(C)C)cn2)c(N(C)c2cc(-c3ccccc3)nn2C)c1. The smallest absolute Gasteiger partial charge is 0.407 e. The van der Waals surface area contributed by atoms with Gasteiger partial charge in [0.1, 0.15) is 11.4 Å². The molecule has 9 heteroatoms. The van der Waals surface area contributed by atoms with E-state index < -0.39 is 11.7 Å². The molecule has 2 heterocycles. The monoisotopic (exact) mass is 509 g/mol. The highest BCUT2D eigenvalue weighted by atomic mass is 16.6. The van der Waals surface area contributed by atoms with Crippen molar-refractivity contribution >= 4 is 23.3 Å². The number of nitrogens with one attached hydrogen (secondary N) is 1. The molecule has 0 spiro atoms. The number of ether oxygens (including phenoxy) is 1. The average molecular weight is 510 g/mol. The Morgan fingerprint density at radius 3 is 2.47 bits per heavy atom. The van der Waals surface area contributed by atoms with Crippen LogP contribution >= 0.6 is 0 Å². The van der Waals surface area contributed by atoms with Crippen LogP contribution in [-0.2, 0) is 18.2 Å². The maximum atomic E-state index is 11.9. The fourth-order valence-corrected chi connectivity index (χ4v) is 3.95. The van der Waals surface area contributed by atoms with Crippen molar-refractivity contribution in [1.29, 1.82) is 0 Å². The van der Waals surface area contributed by atoms with Gasteiger partial charge in [-0.05, 0) is 38.8 Å². The van der Waals surface area contributed by atoms with Crippen molar-refractivity contribution in [3.05, 3.63) is 84.0 Å². The highest BCUT2D eigenvalue weighted by Gasteiger charge is 2.19. The second kappa shape index (κ2) is 11.1. The van der Waals surface area contributed by atoms with Gasteiger partial charge in [0.15, 0.2) is 11.5 Å². The lowest BCUT2D eigenvalue weighted by atomic mass is 10.1. The lowest BCUT2D eigenvalue weighted by Gasteiger charge is -2.22. The first-order chi connectivity index (χ1) is 18.1. The van der Waals surface area contributed by atoms with Crippen LogP contribution in [0.1, 0.15) is 26.3 Å². The molecule has 0 saturated carbocycles. The number of rotatable bonds is 7. The molecule has 9 nitrogen and oxygen atoms in total. The van der Waals surface area contributed by atoms with Crippen molar-refractivity contribution in [2.45, 2.75) is 32.8 Å². The molecule has 0 saturated heterocycles. The summed E-state index contributed by atoms with van der Waals surface area (Å²) in [6.45, 7) is 13.4. The topological polar surface area (TPSA) is 89.5 Å². The van der Waals surface area contributed by atoms with Gasteiger partial charge in [-0.25, -0.2) is 19.6 Å². The molecule has 0 atom stereocenters. The summed E-state index contributed by atoms with van der Waals surface area (Å²) in [5.74, 6) is 1.40. The summed E-state index contributed by atoms with van der Waals surface area (Å²) < 4.78 is 7.08. The largest absolute Gasteiger partial charge is 0.444 e. The maximum absolute atomic E-state index is 11.9. The normalized spacial score (nSPS) is 11.1. The minimum absolute atomic E-state index is 0.412. The Morgan fingerprint density at radius 1 is 1.11 bits per heavy atom. The summed E-state index contributed by atoms with van der Waals surface area (Å²) in [7, 11) is 3.84. The number of hydrogen-bond acceptors (Lipinski definition) is 6. The third-order valence-corrected chi connectivity index (χ3v) is 5.77. The Labute approximate surface area is 222 Å². The van der Waals surface area contributed by atoms with E-state index in [4.69, 9.17) is 11.3 Å². The Bertz CT molecular complexity index is 1450. The molecule has 0 radical (unpaired) electrons. The molecule has 0 aliphatic rings. The number of anilines is 2. The fraction of sp³-hybridized carbons (Fsp3) is 0.276. The highest BCUT2D eigenvalue weighted by Crippen LogP contribution is 2.36. The maximum Gasteiger partial charge on any atom is 0.407 e. The first-order valence-electron chi connectivity index (χ1n) is 12.3. The lowest BCUT2D eigenvalue weighted by Crippen LogP contribution is -2.33. The van der Waals surface area contributed by atoms with Crippen LogP contribution in [0, 0.1) is 6.57 Å². The molecule has 0 bridgehead atoms. The van der Waals surface area contributed by atoms with E-state index in [0.29, 0.717) is 24.5 Å². The third kappa shape index (κ3) is 6.34. The number of benzene rings is 2. The number of aromatic nitrogens is 4. The van der Waals surface area contributed by atoms with Crippen LogP contribution in [0.2, 0.25) is 0 Å². The van der Waals surface area contributed by atoms with Crippen molar-refractivity contribution in [3.63, 3.8) is 0 Å². The van der Waals surface area contributed by atoms with E-state index in [2.05, 4.69) is 25.2 Å². The van der Waals surface area contributed by atoms with Crippen molar-refractivity contribution < 1.29 is 9.53 Å². The minimum atomic E-state index is -0.541. The molecule has 0 aliphatic heterocycles. The summed E-state index contributed by atoms with van der Waals surface area (Å²) in [6.07, 6.45) is 3.63. The van der Waals surface area contributed by atoms with E-state index in [9.17, 15) is 4.79 Å². The zero-order chi connectivity index (χ0) is 27.3. The molecule has 4 rings (SSSR count). The van der Waals surface area contributed by atoms with Gasteiger partial charge in [0.25, 0.3) is 0 Å². The molecule has 38 heavy (non-hydrogen) atoms. The summed E-state index contributed by atoms with van der Waals surface area (Å²) in [5.41, 5.74) is 4.33. The predicted molar refractivity (Wildman–Crippen MR) is 148 cm³/mol. The molecule has 4 aromatic rings. The second-order valence-electron chi connectivity index (χ2n) is 9.84. The standard InChI is InChI=1S/C29H31N7O2/c1-29(2,3)38-28(37)31-15-14-20-18-32-27(33-19-20)23-13-12-22(30-4)16-25(23)35(5)26-17-24(34-36(26)6)21-10-8-7-9-11-21/h7-13,16-19H,14-15H2,1-3,5-6H3,(H,31,37). The molecular weight excluding hydrogens is 478 g/mol. The van der Waals surface area contributed by atoms with E-state index in [1.54, 1.807) is 18.5 Å². The minimum Gasteiger partial charge on any atom is -0.444 e. The van der Waals surface area contributed by atoms with Crippen molar-refractivity contribution in [2.75, 3.05) is 18.5 Å². The molecule has 2 aromatic carbocycles. The van der Waals surface area contributed by atoms with Gasteiger partial charge in [-0.2, -0.15) is 5.10 Å². The van der Waals surface area contributed by atoms with Crippen LogP contribution in [-0.4, -0.2) is 45.0 Å². The average Bonchev–Trinajstić information content (AvgIpc) is 3.29. The number of carbonyl (C=O) groups is 1. The zero-order valence-corrected chi connectivity index (χ0v) is 22.3. The summed E-state index contributed by atoms with van der Waals surface area (Å²) in [5, 5.41) is 7.44. The van der Waals surface area contributed by atoms with Crippen LogP contribution in [0.15, 0.2) is 67.0 Å². The number of alkyl carbamates (subject to hydrolysis) is 1. The molecule has 1 N–H and O–H groups in total. The molecule has 194 valence electrons. The fourth-order valence-electron chi connectivity index (χ4n) is 3.95. The van der Waals surface area contributed by atoms with Gasteiger partial charge in [-0.3, -0.25) is 4.68 Å². The number of carbonyl (C=O) groups excluding carboxylic acids is 1. The van der Waals surface area contributed by atoms with Crippen molar-refractivity contribution in [2.24, 2.45) is 7.05 Å². The van der Waals surface area contributed by atoms with Crippen LogP contribution in [0.4, 0.5) is 22.0 Å². The lowest BCUT2D eigenvalue weighted by molar-refractivity contribution is 0.0528. The third-order valence-electron chi connectivity index (χ3n) is 5.77. The molecular formula is C29H31N7O2. The van der Waals surface area contributed by atoms with E-state index in [-0.39, 0.29) is 0 Å². The van der Waals surface area contributed by atoms with Gasteiger partial charge in [-0.15, -0.1) is 0 Å². The van der Waals surface area contributed by atoms with Gasteiger partial charge in [0.05, 0.1) is 12.3 Å². The predicted octanol–water partition coefficient (Wildman–Crippen LogP) is 5.93. The first-order valence-corrected chi connectivity index (χ1v) is 12.3. The number of hydrogen-bond donors (Lipinski definition) is 1. The van der Waals surface area contributed by atoms with E-state index in [1.165, 1.54) is 0 Å². The van der Waals surface area contributed by atoms with Gasteiger partial charge in [0.2, 0.25) is 0 Å². The highest BCUT2D eigenvalue weighted by molar-refractivity contribution is 5.82. The Hall–Kier alpha value is -4.71. The van der Waals surface area contributed by atoms with Crippen molar-refractivity contribution in [3.8, 4) is 22.6 Å². The van der Waals surface area contributed by atoms with Crippen LogP contribution < -0.4 is 10.2 Å². The van der Waals surface area contributed by atoms with E-state index >= 15 is 0 Å². The molecule has 0 fully saturated rings. The van der Waals surface area contributed by atoms with Crippen molar-refractivity contribution in [1.82, 2.24) is 25.1 Å². The van der Waals surface area contributed by atoms with Gasteiger partial charge in [-0.1, -0.05) is 42.5 Å². The Morgan fingerprint density at radius 2 is 1.82 bits per heavy atom. The summed E-state index contributed by atoms with van der Waals surface area (Å²) in [6, 6.07) is 17.5. The molecule has 2 aromatic heterocycles. The number of aryl methyl sites for hydroxylation is 1. The summed E-state index contributed by atoms with van der Waals surface area (Å²) in [4.78, 5) is 26.7. The van der Waals surface area contributed by atoms with Gasteiger partial charge >= 0.3 is 6.09 Å². The van der Waals surface area contributed by atoms with Gasteiger partial charge < -0.3 is 15.0 Å². The van der Waals surface area contributed by atoms with Crippen LogP contribution in [0.5, 0.6) is 0 Å². The number of nitrogens with zero attached hydrogens (tertiary/aromatic N) is 6. The Kier molecular flexibility index (Phi) is 7.72. The number of amides is 1. The summed E-state index contributed by atoms with van der Waals surface area (Å²) >= 11 is 0. The first kappa shape index (κ1) is 26.4. The molecule has 1 amide bonds. The van der Waals surface area contributed by atoms with Crippen LogP contribution in [0.3, 0.4) is 0 Å². The zero-order valence-electron chi connectivity index (χ0n) is 22.3. The quantitative estimate of drug-likeness (QED) is 0.311. The Balaban J connectivity index is 1.56. The molecule has 0 unspecified atom stereocenters. The second-order valence-corrected chi connectivity index (χ2v) is 9.84. The van der Waals surface area contributed by atoms with E-state index in [0.717, 1.165) is 33.9 Å².